The van der Waals surface area contributed by atoms with Crippen LogP contribution in [-0.4, -0.2) is 12.5 Å². The van der Waals surface area contributed by atoms with Crippen molar-refractivity contribution in [2.75, 3.05) is 6.54 Å². The van der Waals surface area contributed by atoms with Gasteiger partial charge in [0, 0.05) is 12.1 Å². The van der Waals surface area contributed by atoms with Gasteiger partial charge in [-0.05, 0) is 18.1 Å². The maximum Gasteiger partial charge on any atom is 0.252 e. The molecule has 1 N–H and O–H groups in total. The van der Waals surface area contributed by atoms with E-state index in [0.29, 0.717) is 23.6 Å². The molecule has 0 fully saturated rings. The number of benzene rings is 1. The van der Waals surface area contributed by atoms with E-state index in [0.717, 1.165) is 0 Å². The normalized spacial score (nSPS) is 9.73. The Morgan fingerprint density at radius 2 is 2.13 bits per heavy atom. The van der Waals surface area contributed by atoms with E-state index in [1.54, 1.807) is 12.1 Å². The first kappa shape index (κ1) is 11.3. The van der Waals surface area contributed by atoms with Crippen molar-refractivity contribution in [3.63, 3.8) is 0 Å². The van der Waals surface area contributed by atoms with Gasteiger partial charge in [0.2, 0.25) is 0 Å². The van der Waals surface area contributed by atoms with Gasteiger partial charge in [-0.2, -0.15) is 0 Å². The molecule has 0 radical (unpaired) electrons. The molecule has 0 aliphatic rings. The van der Waals surface area contributed by atoms with Crippen LogP contribution in [-0.2, 0) is 0 Å². The van der Waals surface area contributed by atoms with Gasteiger partial charge >= 0.3 is 0 Å². The molecule has 1 rings (SSSR count). The second kappa shape index (κ2) is 5.21. The number of terminal acetylenes is 1. The molecule has 78 valence electrons. The van der Waals surface area contributed by atoms with E-state index in [-0.39, 0.29) is 5.91 Å². The highest BCUT2D eigenvalue weighted by atomic mass is 16.1. The molecule has 1 amide bonds. The Morgan fingerprint density at radius 3 is 2.73 bits per heavy atom. The molecule has 1 aromatic rings. The summed E-state index contributed by atoms with van der Waals surface area (Å²) in [4.78, 5) is 11.7. The van der Waals surface area contributed by atoms with Crippen molar-refractivity contribution in [3.05, 3.63) is 35.4 Å². The van der Waals surface area contributed by atoms with Gasteiger partial charge in [-0.25, -0.2) is 0 Å². The van der Waals surface area contributed by atoms with Crippen LogP contribution < -0.4 is 5.32 Å². The molecule has 0 saturated heterocycles. The summed E-state index contributed by atoms with van der Waals surface area (Å²) in [5.41, 5.74) is 1.21. The van der Waals surface area contributed by atoms with Gasteiger partial charge in [0.05, 0.1) is 5.56 Å². The molecule has 0 aliphatic carbocycles. The van der Waals surface area contributed by atoms with Crippen LogP contribution in [0.3, 0.4) is 0 Å². The molecule has 15 heavy (non-hydrogen) atoms. The van der Waals surface area contributed by atoms with Crippen molar-refractivity contribution in [1.82, 2.24) is 5.32 Å². The lowest BCUT2D eigenvalue weighted by Crippen LogP contribution is -2.27. The maximum absolute atomic E-state index is 11.7. The zero-order valence-electron chi connectivity index (χ0n) is 9.08. The summed E-state index contributed by atoms with van der Waals surface area (Å²) in [7, 11) is 0. The highest BCUT2D eigenvalue weighted by Crippen LogP contribution is 2.06. The molecule has 0 saturated carbocycles. The minimum absolute atomic E-state index is 0.0998. The fourth-order valence-corrected chi connectivity index (χ4v) is 1.20. The molecule has 2 nitrogen and oxygen atoms in total. The molecular formula is C13H15NO. The summed E-state index contributed by atoms with van der Waals surface area (Å²) in [6, 6.07) is 7.15. The van der Waals surface area contributed by atoms with Crippen LogP contribution in [0.5, 0.6) is 0 Å². The molecule has 0 aromatic heterocycles. The van der Waals surface area contributed by atoms with E-state index in [1.807, 2.05) is 26.0 Å². The van der Waals surface area contributed by atoms with Gasteiger partial charge in [-0.1, -0.05) is 31.9 Å². The maximum atomic E-state index is 11.7. The number of rotatable bonds is 3. The second-order valence-corrected chi connectivity index (χ2v) is 3.79. The van der Waals surface area contributed by atoms with Crippen molar-refractivity contribution in [2.24, 2.45) is 5.92 Å². The van der Waals surface area contributed by atoms with E-state index < -0.39 is 0 Å². The summed E-state index contributed by atoms with van der Waals surface area (Å²) in [5, 5.41) is 2.84. The molecule has 0 spiro atoms. The summed E-state index contributed by atoms with van der Waals surface area (Å²) >= 11 is 0. The molecule has 0 heterocycles. The topological polar surface area (TPSA) is 29.1 Å². The van der Waals surface area contributed by atoms with Crippen molar-refractivity contribution < 1.29 is 4.79 Å². The van der Waals surface area contributed by atoms with Gasteiger partial charge in [0.1, 0.15) is 0 Å². The van der Waals surface area contributed by atoms with Crippen LogP contribution in [0, 0.1) is 18.3 Å². The van der Waals surface area contributed by atoms with Crippen molar-refractivity contribution in [1.29, 1.82) is 0 Å². The summed E-state index contributed by atoms with van der Waals surface area (Å²) < 4.78 is 0. The van der Waals surface area contributed by atoms with Crippen LogP contribution in [0.4, 0.5) is 0 Å². The Morgan fingerprint density at radius 1 is 1.47 bits per heavy atom. The van der Waals surface area contributed by atoms with E-state index in [2.05, 4.69) is 11.2 Å². The summed E-state index contributed by atoms with van der Waals surface area (Å²) in [6.07, 6.45) is 5.31. The number of amides is 1. The number of hydrogen-bond donors (Lipinski definition) is 1. The number of nitrogens with one attached hydrogen (secondary N) is 1. The Bertz CT molecular complexity index is 388. The molecule has 0 bridgehead atoms. The van der Waals surface area contributed by atoms with E-state index in [9.17, 15) is 4.79 Å². The van der Waals surface area contributed by atoms with Gasteiger partial charge in [-0.3, -0.25) is 4.79 Å². The Kier molecular flexibility index (Phi) is 3.93. The minimum Gasteiger partial charge on any atom is -0.352 e. The van der Waals surface area contributed by atoms with Crippen molar-refractivity contribution in [3.8, 4) is 12.3 Å². The van der Waals surface area contributed by atoms with Crippen LogP contribution >= 0.6 is 0 Å². The monoisotopic (exact) mass is 201 g/mol. The fourth-order valence-electron chi connectivity index (χ4n) is 1.20. The Balaban J connectivity index is 2.78. The first-order valence-corrected chi connectivity index (χ1v) is 4.99. The largest absolute Gasteiger partial charge is 0.352 e. The SMILES string of the molecule is C#Cc1ccccc1C(=O)NCC(C)C. The lowest BCUT2D eigenvalue weighted by Gasteiger charge is -2.08. The third-order valence-corrected chi connectivity index (χ3v) is 2.00. The van der Waals surface area contributed by atoms with Crippen LogP contribution in [0.2, 0.25) is 0 Å². The lowest BCUT2D eigenvalue weighted by atomic mass is 10.1. The second-order valence-electron chi connectivity index (χ2n) is 3.79. The molecule has 0 atom stereocenters. The van der Waals surface area contributed by atoms with Crippen LogP contribution in [0.1, 0.15) is 29.8 Å². The molecule has 1 aromatic carbocycles. The van der Waals surface area contributed by atoms with Gasteiger partial charge in [0.15, 0.2) is 0 Å². The number of hydrogen-bond acceptors (Lipinski definition) is 1. The molecule has 0 aliphatic heterocycles. The first-order chi connectivity index (χ1) is 7.15. The predicted octanol–water partition coefficient (Wildman–Crippen LogP) is 2.05. The van der Waals surface area contributed by atoms with Gasteiger partial charge < -0.3 is 5.32 Å². The summed E-state index contributed by atoms with van der Waals surface area (Å²) in [6.45, 7) is 4.76. The number of carbonyl (C=O) groups is 1. The van der Waals surface area contributed by atoms with E-state index >= 15 is 0 Å². The quantitative estimate of drug-likeness (QED) is 0.745. The molecular weight excluding hydrogens is 186 g/mol. The third-order valence-electron chi connectivity index (χ3n) is 2.00. The van der Waals surface area contributed by atoms with Crippen molar-refractivity contribution >= 4 is 5.91 Å². The third kappa shape index (κ3) is 3.14. The van der Waals surface area contributed by atoms with Gasteiger partial charge in [0.25, 0.3) is 5.91 Å². The zero-order chi connectivity index (χ0) is 11.3. The highest BCUT2D eigenvalue weighted by molar-refractivity contribution is 5.96. The predicted molar refractivity (Wildman–Crippen MR) is 61.5 cm³/mol. The van der Waals surface area contributed by atoms with Crippen LogP contribution in [0.15, 0.2) is 24.3 Å². The van der Waals surface area contributed by atoms with Crippen LogP contribution in [0.25, 0.3) is 0 Å². The Hall–Kier alpha value is -1.75. The smallest absolute Gasteiger partial charge is 0.252 e. The van der Waals surface area contributed by atoms with Crippen molar-refractivity contribution in [2.45, 2.75) is 13.8 Å². The average molecular weight is 201 g/mol. The number of carbonyl (C=O) groups excluding carboxylic acids is 1. The fraction of sp³-hybridized carbons (Fsp3) is 0.308. The zero-order valence-corrected chi connectivity index (χ0v) is 9.08. The molecule has 2 heteroatoms. The average Bonchev–Trinajstić information content (AvgIpc) is 2.25. The standard InChI is InChI=1S/C13H15NO/c1-4-11-7-5-6-8-12(11)13(15)14-9-10(2)3/h1,5-8,10H,9H2,2-3H3,(H,14,15). The lowest BCUT2D eigenvalue weighted by molar-refractivity contribution is 0.0949. The molecule has 0 unspecified atom stereocenters. The van der Waals surface area contributed by atoms with E-state index in [1.165, 1.54) is 0 Å². The summed E-state index contributed by atoms with van der Waals surface area (Å²) in [5.74, 6) is 2.84. The first-order valence-electron chi connectivity index (χ1n) is 4.99. The highest BCUT2D eigenvalue weighted by Gasteiger charge is 2.08. The van der Waals surface area contributed by atoms with E-state index in [4.69, 9.17) is 6.42 Å². The minimum atomic E-state index is -0.0998. The Labute approximate surface area is 90.7 Å². The van der Waals surface area contributed by atoms with Gasteiger partial charge in [-0.15, -0.1) is 6.42 Å².